The van der Waals surface area contributed by atoms with Crippen molar-refractivity contribution >= 4 is 0 Å². The Labute approximate surface area is 136 Å². The Kier molecular flexibility index (Phi) is 4.49. The first-order valence-corrected chi connectivity index (χ1v) is 8.22. The monoisotopic (exact) mass is 315 g/mol. The van der Waals surface area contributed by atoms with Gasteiger partial charge >= 0.3 is 0 Å². The summed E-state index contributed by atoms with van der Waals surface area (Å²) in [6.45, 7) is 9.34. The summed E-state index contributed by atoms with van der Waals surface area (Å²) in [5, 5.41) is 3.36. The van der Waals surface area contributed by atoms with Crippen molar-refractivity contribution in [3.8, 4) is 0 Å². The third-order valence-electron chi connectivity index (χ3n) is 4.89. The molecule has 1 atom stereocenters. The first kappa shape index (κ1) is 16.1. The van der Waals surface area contributed by atoms with Crippen molar-refractivity contribution in [3.05, 3.63) is 71.3 Å². The number of allylic oxidation sites excluding steroid dienone is 4. The lowest BCUT2D eigenvalue weighted by atomic mass is 9.85. The summed E-state index contributed by atoms with van der Waals surface area (Å²) in [6, 6.07) is 3.96. The number of halogens is 2. The van der Waals surface area contributed by atoms with E-state index in [1.807, 2.05) is 12.1 Å². The van der Waals surface area contributed by atoms with E-state index in [1.54, 1.807) is 18.2 Å². The number of nitrogens with one attached hydrogen (secondary N) is 1. The lowest BCUT2D eigenvalue weighted by molar-refractivity contribution is -0.0150. The molecule has 1 heterocycles. The highest BCUT2D eigenvalue weighted by Crippen LogP contribution is 2.50. The maximum atomic E-state index is 14.7. The van der Waals surface area contributed by atoms with Gasteiger partial charge in [0, 0.05) is 6.42 Å². The molecule has 0 spiro atoms. The molecule has 1 aromatic carbocycles. The molecule has 0 bridgehead atoms. The predicted molar refractivity (Wildman–Crippen MR) is 91.2 cm³/mol. The fourth-order valence-electron chi connectivity index (χ4n) is 3.81. The minimum absolute atomic E-state index is 0.147. The second-order valence-electron chi connectivity index (χ2n) is 6.47. The van der Waals surface area contributed by atoms with Gasteiger partial charge in [-0.05, 0) is 54.6 Å². The average Bonchev–Trinajstić information content (AvgIpc) is 2.68. The van der Waals surface area contributed by atoms with E-state index in [2.05, 4.69) is 18.5 Å². The van der Waals surface area contributed by atoms with Gasteiger partial charge in [0.2, 0.25) is 0 Å². The van der Waals surface area contributed by atoms with Crippen LogP contribution < -0.4 is 5.32 Å². The Morgan fingerprint density at radius 2 is 2.00 bits per heavy atom. The van der Waals surface area contributed by atoms with Gasteiger partial charge in [0.15, 0.2) is 0 Å². The summed E-state index contributed by atoms with van der Waals surface area (Å²) in [5.41, 5.74) is 4.82. The smallest absolute Gasteiger partial charge is 0.259 e. The Morgan fingerprint density at radius 1 is 1.26 bits per heavy atom. The largest absolute Gasteiger partial charge is 0.316 e. The third kappa shape index (κ3) is 3.16. The Hall–Kier alpha value is -1.74. The topological polar surface area (TPSA) is 12.0 Å². The molecule has 1 N–H and O–H groups in total. The van der Waals surface area contributed by atoms with Crippen LogP contribution in [0.3, 0.4) is 0 Å². The van der Waals surface area contributed by atoms with Gasteiger partial charge in [-0.1, -0.05) is 49.1 Å². The van der Waals surface area contributed by atoms with Gasteiger partial charge in [-0.3, -0.25) is 0 Å². The lowest BCUT2D eigenvalue weighted by Gasteiger charge is -2.23. The van der Waals surface area contributed by atoms with Gasteiger partial charge in [-0.2, -0.15) is 0 Å². The van der Waals surface area contributed by atoms with Crippen molar-refractivity contribution in [1.82, 2.24) is 5.32 Å². The summed E-state index contributed by atoms with van der Waals surface area (Å²) in [5.74, 6) is -3.45. The number of fused-ring (bicyclic) bond motifs is 3. The molecule has 1 unspecified atom stereocenters. The maximum Gasteiger partial charge on any atom is 0.259 e. The van der Waals surface area contributed by atoms with E-state index < -0.39 is 11.8 Å². The molecule has 3 rings (SSSR count). The highest BCUT2D eigenvalue weighted by molar-refractivity contribution is 5.50. The van der Waals surface area contributed by atoms with Gasteiger partial charge in [-0.25, -0.2) is 8.78 Å². The standard InChI is InChI=1S/C20H23F2N/c1-3-4-5-14(2)12-18-19-16(13-20(18,21)22)7-6-15-8-10-23-11-9-17(15)19/h3-7,18,23H,1-2,8-13H2/b5-4-. The summed E-state index contributed by atoms with van der Waals surface area (Å²) in [6.07, 6.45) is 7.08. The number of alkyl halides is 2. The van der Waals surface area contributed by atoms with Gasteiger partial charge in [-0.15, -0.1) is 0 Å². The van der Waals surface area contributed by atoms with Crippen molar-refractivity contribution in [1.29, 1.82) is 0 Å². The molecule has 1 aromatic rings. The molecule has 0 fully saturated rings. The van der Waals surface area contributed by atoms with Crippen LogP contribution in [0, 0.1) is 0 Å². The highest BCUT2D eigenvalue weighted by Gasteiger charge is 2.48. The van der Waals surface area contributed by atoms with Gasteiger partial charge < -0.3 is 5.32 Å². The van der Waals surface area contributed by atoms with Crippen LogP contribution in [0.4, 0.5) is 8.78 Å². The van der Waals surface area contributed by atoms with E-state index in [0.717, 1.165) is 48.2 Å². The Bertz CT molecular complexity index is 658. The van der Waals surface area contributed by atoms with Crippen molar-refractivity contribution in [2.75, 3.05) is 13.1 Å². The van der Waals surface area contributed by atoms with E-state index in [-0.39, 0.29) is 6.42 Å². The fraction of sp³-hybridized carbons (Fsp3) is 0.400. The van der Waals surface area contributed by atoms with Crippen LogP contribution >= 0.6 is 0 Å². The molecule has 0 saturated carbocycles. The fourth-order valence-corrected chi connectivity index (χ4v) is 3.81. The van der Waals surface area contributed by atoms with E-state index in [0.29, 0.717) is 6.42 Å². The van der Waals surface area contributed by atoms with E-state index in [1.165, 1.54) is 5.56 Å². The SMILES string of the molecule is C=C/C=C\C(=C)CC1c2c(ccc3c2CCNCC3)CC1(F)F. The Balaban J connectivity index is 1.99. The first-order valence-electron chi connectivity index (χ1n) is 8.22. The molecule has 1 nitrogen and oxygen atoms in total. The summed E-state index contributed by atoms with van der Waals surface area (Å²) >= 11 is 0. The van der Waals surface area contributed by atoms with E-state index >= 15 is 0 Å². The van der Waals surface area contributed by atoms with Crippen LogP contribution in [0.5, 0.6) is 0 Å². The molecular formula is C20H23F2N. The quantitative estimate of drug-likeness (QED) is 0.815. The van der Waals surface area contributed by atoms with Crippen LogP contribution in [0.2, 0.25) is 0 Å². The molecule has 0 aromatic heterocycles. The zero-order chi connectivity index (χ0) is 16.4. The molecule has 122 valence electrons. The summed E-state index contributed by atoms with van der Waals surface area (Å²) in [4.78, 5) is 0. The van der Waals surface area contributed by atoms with Crippen molar-refractivity contribution in [2.45, 2.75) is 37.5 Å². The molecule has 0 amide bonds. The molecule has 1 aliphatic carbocycles. The van der Waals surface area contributed by atoms with Crippen LogP contribution in [0.15, 0.2) is 49.1 Å². The minimum Gasteiger partial charge on any atom is -0.316 e. The van der Waals surface area contributed by atoms with Gasteiger partial charge in [0.25, 0.3) is 5.92 Å². The highest BCUT2D eigenvalue weighted by atomic mass is 19.3. The number of rotatable bonds is 4. The van der Waals surface area contributed by atoms with Gasteiger partial charge in [0.1, 0.15) is 0 Å². The normalized spacial score (nSPS) is 22.4. The average molecular weight is 315 g/mol. The van der Waals surface area contributed by atoms with Gasteiger partial charge in [0.05, 0.1) is 5.92 Å². The lowest BCUT2D eigenvalue weighted by Crippen LogP contribution is -2.23. The van der Waals surface area contributed by atoms with Crippen molar-refractivity contribution < 1.29 is 8.78 Å². The third-order valence-corrected chi connectivity index (χ3v) is 4.89. The zero-order valence-corrected chi connectivity index (χ0v) is 13.4. The maximum absolute atomic E-state index is 14.7. The summed E-state index contributed by atoms with van der Waals surface area (Å²) < 4.78 is 29.3. The van der Waals surface area contributed by atoms with E-state index in [4.69, 9.17) is 0 Å². The van der Waals surface area contributed by atoms with Crippen molar-refractivity contribution in [3.63, 3.8) is 0 Å². The van der Waals surface area contributed by atoms with Crippen LogP contribution in [0.1, 0.15) is 34.6 Å². The predicted octanol–water partition coefficient (Wildman–Crippen LogP) is 4.34. The van der Waals surface area contributed by atoms with Crippen LogP contribution in [-0.2, 0) is 19.3 Å². The van der Waals surface area contributed by atoms with Crippen molar-refractivity contribution in [2.24, 2.45) is 0 Å². The number of benzene rings is 1. The first-order chi connectivity index (χ1) is 11.0. The molecule has 1 aliphatic heterocycles. The summed E-state index contributed by atoms with van der Waals surface area (Å²) in [7, 11) is 0. The van der Waals surface area contributed by atoms with E-state index in [9.17, 15) is 8.78 Å². The molecule has 3 heteroatoms. The molecule has 0 radical (unpaired) electrons. The molecule has 0 saturated heterocycles. The Morgan fingerprint density at radius 3 is 2.78 bits per heavy atom. The minimum atomic E-state index is -2.69. The number of hydrogen-bond donors (Lipinski definition) is 1. The molecule has 2 aliphatic rings. The second kappa shape index (κ2) is 6.40. The second-order valence-corrected chi connectivity index (χ2v) is 6.47. The van der Waals surface area contributed by atoms with Crippen LogP contribution in [0.25, 0.3) is 0 Å². The van der Waals surface area contributed by atoms with Crippen LogP contribution in [-0.4, -0.2) is 19.0 Å². The molecule has 23 heavy (non-hydrogen) atoms. The number of hydrogen-bond acceptors (Lipinski definition) is 1. The zero-order valence-electron chi connectivity index (χ0n) is 13.4. The molecular weight excluding hydrogens is 292 g/mol.